The Morgan fingerprint density at radius 1 is 1.24 bits per heavy atom. The molecule has 118 valence electrons. The van der Waals surface area contributed by atoms with E-state index in [1.54, 1.807) is 0 Å². The molecule has 21 heavy (non-hydrogen) atoms. The summed E-state index contributed by atoms with van der Waals surface area (Å²) in [4.78, 5) is 4.28. The van der Waals surface area contributed by atoms with Gasteiger partial charge in [-0.05, 0) is 38.0 Å². The molecule has 0 bridgehead atoms. The van der Waals surface area contributed by atoms with Crippen LogP contribution in [-0.2, 0) is 0 Å². The number of nitrogens with zero attached hydrogens (tertiary/aromatic N) is 1. The molecule has 1 aromatic rings. The Kier molecular flexibility index (Phi) is 7.65. The minimum absolute atomic E-state index is 0.217. The SMILES string of the molecule is CN=C(NCCC(C)c1ccccc1)NCC(C)(C)SC. The number of rotatable bonds is 7. The molecule has 0 aliphatic heterocycles. The van der Waals surface area contributed by atoms with Gasteiger partial charge in [0, 0.05) is 24.9 Å². The van der Waals surface area contributed by atoms with Gasteiger partial charge in [-0.3, -0.25) is 4.99 Å². The lowest BCUT2D eigenvalue weighted by Crippen LogP contribution is -2.43. The lowest BCUT2D eigenvalue weighted by molar-refractivity contribution is 0.634. The molecular formula is C17H29N3S. The van der Waals surface area contributed by atoms with E-state index in [2.05, 4.69) is 73.0 Å². The van der Waals surface area contributed by atoms with Crippen molar-refractivity contribution in [3.05, 3.63) is 35.9 Å². The third-order valence-corrected chi connectivity index (χ3v) is 4.95. The average Bonchev–Trinajstić information content (AvgIpc) is 2.51. The first-order valence-electron chi connectivity index (χ1n) is 7.53. The number of guanidine groups is 1. The molecule has 0 radical (unpaired) electrons. The van der Waals surface area contributed by atoms with Gasteiger partial charge in [0.2, 0.25) is 0 Å². The molecule has 0 fully saturated rings. The molecule has 1 aromatic carbocycles. The fourth-order valence-electron chi connectivity index (χ4n) is 1.94. The largest absolute Gasteiger partial charge is 0.356 e. The Bertz CT molecular complexity index is 429. The lowest BCUT2D eigenvalue weighted by atomic mass is 9.98. The van der Waals surface area contributed by atoms with Crippen molar-refractivity contribution in [3.63, 3.8) is 0 Å². The molecule has 1 atom stereocenters. The zero-order valence-corrected chi connectivity index (χ0v) is 14.8. The van der Waals surface area contributed by atoms with Crippen LogP contribution in [0.15, 0.2) is 35.3 Å². The van der Waals surface area contributed by atoms with Crippen LogP contribution in [0.3, 0.4) is 0 Å². The monoisotopic (exact) mass is 307 g/mol. The maximum atomic E-state index is 4.28. The molecule has 1 rings (SSSR count). The highest BCUT2D eigenvalue weighted by molar-refractivity contribution is 7.99. The van der Waals surface area contributed by atoms with Crippen LogP contribution in [0.25, 0.3) is 0 Å². The topological polar surface area (TPSA) is 36.4 Å². The fraction of sp³-hybridized carbons (Fsp3) is 0.588. The summed E-state index contributed by atoms with van der Waals surface area (Å²) in [5.74, 6) is 1.44. The summed E-state index contributed by atoms with van der Waals surface area (Å²) in [6.45, 7) is 8.56. The van der Waals surface area contributed by atoms with Crippen LogP contribution in [0, 0.1) is 0 Å². The maximum Gasteiger partial charge on any atom is 0.191 e. The van der Waals surface area contributed by atoms with E-state index in [0.29, 0.717) is 5.92 Å². The van der Waals surface area contributed by atoms with E-state index in [9.17, 15) is 0 Å². The standard InChI is InChI=1S/C17H29N3S/c1-14(15-9-7-6-8-10-15)11-12-19-16(18-4)20-13-17(2,3)21-5/h6-10,14H,11-13H2,1-5H3,(H2,18,19,20). The molecule has 0 spiro atoms. The van der Waals surface area contributed by atoms with Crippen molar-refractivity contribution in [2.75, 3.05) is 26.4 Å². The van der Waals surface area contributed by atoms with Gasteiger partial charge in [0.1, 0.15) is 0 Å². The third-order valence-electron chi connectivity index (χ3n) is 3.70. The third kappa shape index (κ3) is 6.89. The van der Waals surface area contributed by atoms with Crippen LogP contribution < -0.4 is 10.6 Å². The summed E-state index contributed by atoms with van der Waals surface area (Å²) in [5, 5.41) is 6.79. The van der Waals surface area contributed by atoms with Gasteiger partial charge >= 0.3 is 0 Å². The van der Waals surface area contributed by atoms with Crippen LogP contribution >= 0.6 is 11.8 Å². The molecule has 4 heteroatoms. The first-order valence-corrected chi connectivity index (χ1v) is 8.75. The molecule has 0 saturated heterocycles. The summed E-state index contributed by atoms with van der Waals surface area (Å²) in [6.07, 6.45) is 3.23. The molecule has 2 N–H and O–H groups in total. The Morgan fingerprint density at radius 3 is 2.48 bits per heavy atom. The second-order valence-corrected chi connectivity index (χ2v) is 7.43. The van der Waals surface area contributed by atoms with Gasteiger partial charge in [-0.2, -0.15) is 11.8 Å². The van der Waals surface area contributed by atoms with E-state index >= 15 is 0 Å². The normalized spacial score (nSPS) is 13.9. The van der Waals surface area contributed by atoms with E-state index in [4.69, 9.17) is 0 Å². The van der Waals surface area contributed by atoms with E-state index in [-0.39, 0.29) is 4.75 Å². The number of hydrogen-bond acceptors (Lipinski definition) is 2. The van der Waals surface area contributed by atoms with Crippen LogP contribution in [-0.4, -0.2) is 37.1 Å². The van der Waals surface area contributed by atoms with E-state index in [0.717, 1.165) is 25.5 Å². The number of aliphatic imine (C=N–C) groups is 1. The Balaban J connectivity index is 2.33. The Labute approximate surface area is 134 Å². The number of hydrogen-bond donors (Lipinski definition) is 2. The van der Waals surface area contributed by atoms with E-state index < -0.39 is 0 Å². The van der Waals surface area contributed by atoms with E-state index in [1.807, 2.05) is 18.8 Å². The molecule has 1 unspecified atom stereocenters. The van der Waals surface area contributed by atoms with Crippen molar-refractivity contribution in [1.82, 2.24) is 10.6 Å². The first-order chi connectivity index (χ1) is 9.98. The second-order valence-electron chi connectivity index (χ2n) is 5.92. The molecule has 0 aromatic heterocycles. The van der Waals surface area contributed by atoms with Crippen molar-refractivity contribution in [2.24, 2.45) is 4.99 Å². The molecule has 3 nitrogen and oxygen atoms in total. The predicted octanol–water partition coefficient (Wildman–Crippen LogP) is 3.49. The number of nitrogens with one attached hydrogen (secondary N) is 2. The molecule has 0 heterocycles. The number of thioether (sulfide) groups is 1. The van der Waals surface area contributed by atoms with Gasteiger partial charge in [-0.25, -0.2) is 0 Å². The highest BCUT2D eigenvalue weighted by Crippen LogP contribution is 2.19. The fourth-order valence-corrected chi connectivity index (χ4v) is 2.16. The molecular weight excluding hydrogens is 278 g/mol. The number of benzene rings is 1. The minimum Gasteiger partial charge on any atom is -0.356 e. The summed E-state index contributed by atoms with van der Waals surface area (Å²) in [5.41, 5.74) is 1.39. The van der Waals surface area contributed by atoms with Gasteiger partial charge in [0.05, 0.1) is 0 Å². The van der Waals surface area contributed by atoms with Crippen molar-refractivity contribution >= 4 is 17.7 Å². The molecule has 0 aliphatic carbocycles. The van der Waals surface area contributed by atoms with Crippen molar-refractivity contribution in [2.45, 2.75) is 37.9 Å². The highest BCUT2D eigenvalue weighted by atomic mass is 32.2. The molecule has 0 aliphatic rings. The van der Waals surface area contributed by atoms with Gasteiger partial charge in [0.25, 0.3) is 0 Å². The van der Waals surface area contributed by atoms with Crippen LogP contribution in [0.2, 0.25) is 0 Å². The Morgan fingerprint density at radius 2 is 1.90 bits per heavy atom. The quantitative estimate of drug-likeness (QED) is 0.598. The summed E-state index contributed by atoms with van der Waals surface area (Å²) in [7, 11) is 1.82. The van der Waals surface area contributed by atoms with Crippen molar-refractivity contribution < 1.29 is 0 Å². The molecule has 0 amide bonds. The average molecular weight is 308 g/mol. The zero-order valence-electron chi connectivity index (χ0n) is 13.9. The second kappa shape index (κ2) is 8.98. The zero-order chi connectivity index (χ0) is 15.7. The maximum absolute atomic E-state index is 4.28. The Hall–Kier alpha value is -1.16. The lowest BCUT2D eigenvalue weighted by Gasteiger charge is -2.24. The van der Waals surface area contributed by atoms with Crippen molar-refractivity contribution in [3.8, 4) is 0 Å². The van der Waals surface area contributed by atoms with Crippen LogP contribution in [0.1, 0.15) is 38.7 Å². The summed E-state index contributed by atoms with van der Waals surface area (Å²) in [6, 6.07) is 10.7. The van der Waals surface area contributed by atoms with Gasteiger partial charge in [-0.15, -0.1) is 0 Å². The first kappa shape index (κ1) is 17.9. The van der Waals surface area contributed by atoms with Crippen LogP contribution in [0.4, 0.5) is 0 Å². The van der Waals surface area contributed by atoms with Crippen LogP contribution in [0.5, 0.6) is 0 Å². The minimum atomic E-state index is 0.217. The summed E-state index contributed by atoms with van der Waals surface area (Å²) < 4.78 is 0.217. The van der Waals surface area contributed by atoms with E-state index in [1.165, 1.54) is 5.56 Å². The smallest absolute Gasteiger partial charge is 0.191 e. The van der Waals surface area contributed by atoms with Gasteiger partial charge in [-0.1, -0.05) is 37.3 Å². The molecule has 0 saturated carbocycles. The predicted molar refractivity (Wildman–Crippen MR) is 96.4 cm³/mol. The van der Waals surface area contributed by atoms with Gasteiger partial charge in [0.15, 0.2) is 5.96 Å². The highest BCUT2D eigenvalue weighted by Gasteiger charge is 2.16. The summed E-state index contributed by atoms with van der Waals surface area (Å²) >= 11 is 1.86. The van der Waals surface area contributed by atoms with Crippen molar-refractivity contribution in [1.29, 1.82) is 0 Å². The van der Waals surface area contributed by atoms with Gasteiger partial charge < -0.3 is 10.6 Å².